The summed E-state index contributed by atoms with van der Waals surface area (Å²) in [6, 6.07) is 7.50. The third-order valence-corrected chi connectivity index (χ3v) is 4.29. The maximum absolute atomic E-state index is 12.4. The zero-order chi connectivity index (χ0) is 17.2. The number of rotatable bonds is 4. The molecule has 0 spiro atoms. The highest BCUT2D eigenvalue weighted by atomic mass is 19.4. The molecule has 5 nitrogen and oxygen atoms in total. The van der Waals surface area contributed by atoms with Gasteiger partial charge in [0.1, 0.15) is 5.82 Å². The first kappa shape index (κ1) is 16.8. The molecule has 0 aliphatic carbocycles. The number of para-hydroxylation sites is 1. The van der Waals surface area contributed by atoms with E-state index in [9.17, 15) is 13.2 Å². The van der Waals surface area contributed by atoms with E-state index in [1.165, 1.54) is 4.90 Å². The number of aromatic nitrogens is 2. The average molecular weight is 339 g/mol. The lowest BCUT2D eigenvalue weighted by Gasteiger charge is -2.32. The van der Waals surface area contributed by atoms with Crippen molar-refractivity contribution in [2.75, 3.05) is 37.2 Å². The summed E-state index contributed by atoms with van der Waals surface area (Å²) in [5, 5.41) is 3.98. The Morgan fingerprint density at radius 2 is 1.88 bits per heavy atom. The van der Waals surface area contributed by atoms with E-state index < -0.39 is 12.7 Å². The molecule has 2 aromatic rings. The number of nitrogens with zero attached hydrogens (tertiary/aromatic N) is 3. The zero-order valence-corrected chi connectivity index (χ0v) is 13.2. The molecule has 24 heavy (non-hydrogen) atoms. The Labute approximate surface area is 138 Å². The Morgan fingerprint density at radius 1 is 1.17 bits per heavy atom. The van der Waals surface area contributed by atoms with Crippen molar-refractivity contribution in [3.8, 4) is 0 Å². The number of likely N-dealkylation sites (tertiary alicyclic amines) is 1. The first-order valence-electron chi connectivity index (χ1n) is 7.96. The van der Waals surface area contributed by atoms with E-state index in [1.807, 2.05) is 24.3 Å². The van der Waals surface area contributed by atoms with E-state index in [1.54, 1.807) is 0 Å². The molecule has 1 aliphatic heterocycles. The smallest absolute Gasteiger partial charge is 0.383 e. The van der Waals surface area contributed by atoms with Gasteiger partial charge in [-0.1, -0.05) is 12.1 Å². The van der Waals surface area contributed by atoms with Gasteiger partial charge in [0.2, 0.25) is 5.95 Å². The minimum absolute atomic E-state index is 0.311. The molecule has 1 saturated heterocycles. The van der Waals surface area contributed by atoms with E-state index in [4.69, 9.17) is 5.73 Å². The van der Waals surface area contributed by atoms with Gasteiger partial charge < -0.3 is 11.1 Å². The van der Waals surface area contributed by atoms with Crippen LogP contribution in [0.25, 0.3) is 10.9 Å². The summed E-state index contributed by atoms with van der Waals surface area (Å²) >= 11 is 0. The Morgan fingerprint density at radius 3 is 2.58 bits per heavy atom. The van der Waals surface area contributed by atoms with Gasteiger partial charge >= 0.3 is 6.18 Å². The van der Waals surface area contributed by atoms with Crippen LogP contribution >= 0.6 is 0 Å². The Balaban J connectivity index is 1.54. The van der Waals surface area contributed by atoms with Crippen molar-refractivity contribution >= 4 is 22.7 Å². The first-order valence-corrected chi connectivity index (χ1v) is 7.96. The molecule has 0 amide bonds. The molecule has 130 valence electrons. The number of hydrogen-bond acceptors (Lipinski definition) is 5. The molecule has 0 bridgehead atoms. The van der Waals surface area contributed by atoms with Crippen LogP contribution in [0.1, 0.15) is 12.8 Å². The van der Waals surface area contributed by atoms with Gasteiger partial charge in [-0.25, -0.2) is 4.98 Å². The molecule has 3 rings (SSSR count). The van der Waals surface area contributed by atoms with Gasteiger partial charge in [-0.3, -0.25) is 4.90 Å². The lowest BCUT2D eigenvalue weighted by molar-refractivity contribution is -0.148. The molecule has 1 aliphatic rings. The average Bonchev–Trinajstić information content (AvgIpc) is 2.53. The molecule has 1 aromatic carbocycles. The second-order valence-electron chi connectivity index (χ2n) is 6.17. The third-order valence-electron chi connectivity index (χ3n) is 4.29. The van der Waals surface area contributed by atoms with Gasteiger partial charge in [-0.15, -0.1) is 0 Å². The second kappa shape index (κ2) is 6.80. The van der Waals surface area contributed by atoms with Crippen LogP contribution in [-0.2, 0) is 0 Å². The highest BCUT2D eigenvalue weighted by molar-refractivity contribution is 5.88. The molecule has 0 radical (unpaired) electrons. The fraction of sp³-hybridized carbons (Fsp3) is 0.500. The molecule has 0 saturated carbocycles. The van der Waals surface area contributed by atoms with Crippen molar-refractivity contribution in [2.24, 2.45) is 5.92 Å². The summed E-state index contributed by atoms with van der Waals surface area (Å²) in [6.45, 7) is 0.744. The quantitative estimate of drug-likeness (QED) is 0.896. The Hall–Kier alpha value is -2.09. The minimum Gasteiger partial charge on any atom is -0.383 e. The van der Waals surface area contributed by atoms with E-state index in [-0.39, 0.29) is 0 Å². The van der Waals surface area contributed by atoms with Crippen LogP contribution < -0.4 is 11.1 Å². The van der Waals surface area contributed by atoms with Crippen molar-refractivity contribution in [3.63, 3.8) is 0 Å². The SMILES string of the molecule is Nc1nc(NCC2CCN(CC(F)(F)F)CC2)nc2ccccc12. The maximum Gasteiger partial charge on any atom is 0.401 e. The molecule has 0 unspecified atom stereocenters. The first-order chi connectivity index (χ1) is 11.4. The number of benzene rings is 1. The van der Waals surface area contributed by atoms with E-state index in [0.29, 0.717) is 37.3 Å². The van der Waals surface area contributed by atoms with E-state index in [0.717, 1.165) is 23.7 Å². The topological polar surface area (TPSA) is 67.1 Å². The highest BCUT2D eigenvalue weighted by Crippen LogP contribution is 2.23. The Bertz CT molecular complexity index is 696. The van der Waals surface area contributed by atoms with Crippen molar-refractivity contribution in [2.45, 2.75) is 19.0 Å². The number of halogens is 3. The highest BCUT2D eigenvalue weighted by Gasteiger charge is 2.32. The largest absolute Gasteiger partial charge is 0.401 e. The number of nitrogens with one attached hydrogen (secondary N) is 1. The normalized spacial score (nSPS) is 17.3. The fourth-order valence-electron chi connectivity index (χ4n) is 3.02. The Kier molecular flexibility index (Phi) is 4.75. The fourth-order valence-corrected chi connectivity index (χ4v) is 3.02. The molecule has 3 N–H and O–H groups in total. The molecule has 1 fully saturated rings. The van der Waals surface area contributed by atoms with Crippen LogP contribution in [0.15, 0.2) is 24.3 Å². The number of piperidine rings is 1. The number of nitrogens with two attached hydrogens (primary N) is 1. The van der Waals surface area contributed by atoms with Gasteiger partial charge in [0.05, 0.1) is 12.1 Å². The van der Waals surface area contributed by atoms with Crippen LogP contribution in [-0.4, -0.2) is 47.2 Å². The summed E-state index contributed by atoms with van der Waals surface area (Å²) in [5.41, 5.74) is 6.71. The summed E-state index contributed by atoms with van der Waals surface area (Å²) in [5.74, 6) is 1.19. The zero-order valence-electron chi connectivity index (χ0n) is 13.2. The lowest BCUT2D eigenvalue weighted by Crippen LogP contribution is -2.41. The molecular weight excluding hydrogens is 319 g/mol. The predicted molar refractivity (Wildman–Crippen MR) is 87.7 cm³/mol. The maximum atomic E-state index is 12.4. The second-order valence-corrected chi connectivity index (χ2v) is 6.17. The summed E-state index contributed by atoms with van der Waals surface area (Å²) < 4.78 is 37.2. The molecule has 1 aromatic heterocycles. The van der Waals surface area contributed by atoms with Crippen LogP contribution in [0, 0.1) is 5.92 Å². The van der Waals surface area contributed by atoms with Crippen LogP contribution in [0.2, 0.25) is 0 Å². The van der Waals surface area contributed by atoms with Crippen LogP contribution in [0.3, 0.4) is 0 Å². The number of anilines is 2. The van der Waals surface area contributed by atoms with Crippen molar-refractivity contribution in [1.82, 2.24) is 14.9 Å². The van der Waals surface area contributed by atoms with Gasteiger partial charge in [0.25, 0.3) is 0 Å². The molecule has 8 heteroatoms. The van der Waals surface area contributed by atoms with Gasteiger partial charge in [-0.05, 0) is 44.0 Å². The molecular formula is C16H20F3N5. The van der Waals surface area contributed by atoms with Crippen LogP contribution in [0.4, 0.5) is 24.9 Å². The van der Waals surface area contributed by atoms with Gasteiger partial charge in [0, 0.05) is 11.9 Å². The van der Waals surface area contributed by atoms with Crippen molar-refractivity contribution in [1.29, 1.82) is 0 Å². The van der Waals surface area contributed by atoms with Crippen LogP contribution in [0.5, 0.6) is 0 Å². The van der Waals surface area contributed by atoms with Crippen molar-refractivity contribution < 1.29 is 13.2 Å². The molecule has 2 heterocycles. The summed E-state index contributed by atoms with van der Waals surface area (Å²) in [6.07, 6.45) is -2.67. The number of fused-ring (bicyclic) bond motifs is 1. The van der Waals surface area contributed by atoms with E-state index >= 15 is 0 Å². The predicted octanol–water partition coefficient (Wildman–Crippen LogP) is 2.90. The number of nitrogen functional groups attached to an aromatic ring is 1. The summed E-state index contributed by atoms with van der Waals surface area (Å²) in [4.78, 5) is 10.1. The molecule has 0 atom stereocenters. The monoisotopic (exact) mass is 339 g/mol. The minimum atomic E-state index is -4.12. The number of hydrogen-bond donors (Lipinski definition) is 2. The van der Waals surface area contributed by atoms with Gasteiger partial charge in [0.15, 0.2) is 0 Å². The standard InChI is InChI=1S/C16H20F3N5/c17-16(18,19)10-24-7-5-11(6-8-24)9-21-15-22-13-4-2-1-3-12(13)14(20)23-15/h1-4,11H,5-10H2,(H3,20,21,22,23). The number of alkyl halides is 3. The van der Waals surface area contributed by atoms with Crippen molar-refractivity contribution in [3.05, 3.63) is 24.3 Å². The van der Waals surface area contributed by atoms with E-state index in [2.05, 4.69) is 15.3 Å². The lowest BCUT2D eigenvalue weighted by atomic mass is 9.97. The van der Waals surface area contributed by atoms with Gasteiger partial charge in [-0.2, -0.15) is 18.2 Å². The summed E-state index contributed by atoms with van der Waals surface area (Å²) in [7, 11) is 0. The third kappa shape index (κ3) is 4.25.